The Labute approximate surface area is 218 Å². The Hall–Kier alpha value is -2.27. The van der Waals surface area contributed by atoms with E-state index < -0.39 is 21.9 Å². The summed E-state index contributed by atoms with van der Waals surface area (Å²) in [5.41, 5.74) is 1.71. The fourth-order valence-electron chi connectivity index (χ4n) is 4.42. The van der Waals surface area contributed by atoms with Gasteiger partial charge in [-0.05, 0) is 69.0 Å². The van der Waals surface area contributed by atoms with Gasteiger partial charge >= 0.3 is 5.97 Å². The standard InChI is InChI=1S/C26H37N3O5S2/c1-5-14-28-17-13-21-22(18-28)35-25(23(21)26(31)34-8-4)27-24(30)19-9-11-20(12-10-19)36(32,33)29(15-6-2)16-7-3/h9-12H,5-8,13-18H2,1-4H3,(H,27,30). The minimum absolute atomic E-state index is 0.163. The minimum Gasteiger partial charge on any atom is -0.462 e. The van der Waals surface area contributed by atoms with Crippen molar-refractivity contribution in [2.45, 2.75) is 64.8 Å². The van der Waals surface area contributed by atoms with Crippen molar-refractivity contribution in [3.8, 4) is 0 Å². The summed E-state index contributed by atoms with van der Waals surface area (Å²) >= 11 is 1.41. The summed E-state index contributed by atoms with van der Waals surface area (Å²) < 4.78 is 32.8. The molecule has 0 atom stereocenters. The molecule has 198 valence electrons. The number of hydrogen-bond acceptors (Lipinski definition) is 7. The number of hydrogen-bond donors (Lipinski definition) is 1. The Morgan fingerprint density at radius 2 is 1.72 bits per heavy atom. The van der Waals surface area contributed by atoms with Crippen molar-refractivity contribution in [2.75, 3.05) is 38.1 Å². The average molecular weight is 536 g/mol. The van der Waals surface area contributed by atoms with Crippen LogP contribution in [0.25, 0.3) is 0 Å². The second-order valence-electron chi connectivity index (χ2n) is 8.84. The normalized spacial score (nSPS) is 14.0. The van der Waals surface area contributed by atoms with Gasteiger partial charge in [0.15, 0.2) is 0 Å². The van der Waals surface area contributed by atoms with Gasteiger partial charge in [-0.1, -0.05) is 20.8 Å². The quantitative estimate of drug-likeness (QED) is 0.394. The first-order valence-corrected chi connectivity index (χ1v) is 15.0. The Kier molecular flexibility index (Phi) is 10.1. The van der Waals surface area contributed by atoms with Crippen molar-refractivity contribution in [1.82, 2.24) is 9.21 Å². The van der Waals surface area contributed by atoms with Crippen molar-refractivity contribution in [1.29, 1.82) is 0 Å². The third-order valence-corrected chi connectivity index (χ3v) is 9.13. The summed E-state index contributed by atoms with van der Waals surface area (Å²) in [5, 5.41) is 3.37. The van der Waals surface area contributed by atoms with Gasteiger partial charge in [-0.2, -0.15) is 4.31 Å². The van der Waals surface area contributed by atoms with Gasteiger partial charge in [0.25, 0.3) is 5.91 Å². The molecule has 1 N–H and O–H groups in total. The number of carbonyl (C=O) groups excluding carboxylic acids is 2. The van der Waals surface area contributed by atoms with Gasteiger partial charge in [-0.25, -0.2) is 13.2 Å². The summed E-state index contributed by atoms with van der Waals surface area (Å²) in [4.78, 5) is 29.5. The number of fused-ring (bicyclic) bond motifs is 1. The number of amides is 1. The van der Waals surface area contributed by atoms with E-state index in [1.165, 1.54) is 39.9 Å². The van der Waals surface area contributed by atoms with Crippen LogP contribution in [-0.2, 0) is 27.7 Å². The zero-order valence-electron chi connectivity index (χ0n) is 21.6. The molecule has 0 spiro atoms. The van der Waals surface area contributed by atoms with Crippen LogP contribution in [0.5, 0.6) is 0 Å². The molecule has 0 saturated carbocycles. The summed E-state index contributed by atoms with van der Waals surface area (Å²) in [6.45, 7) is 11.5. The zero-order valence-corrected chi connectivity index (χ0v) is 23.3. The van der Waals surface area contributed by atoms with Crippen molar-refractivity contribution in [3.63, 3.8) is 0 Å². The molecule has 3 rings (SSSR count). The number of ether oxygens (including phenoxy) is 1. The van der Waals surface area contributed by atoms with Crippen LogP contribution in [0.1, 0.15) is 78.1 Å². The number of nitrogens with one attached hydrogen (secondary N) is 1. The van der Waals surface area contributed by atoms with Gasteiger partial charge in [0.2, 0.25) is 10.0 Å². The van der Waals surface area contributed by atoms with Crippen LogP contribution in [0.15, 0.2) is 29.2 Å². The highest BCUT2D eigenvalue weighted by molar-refractivity contribution is 7.89. The Morgan fingerprint density at radius 3 is 2.31 bits per heavy atom. The zero-order chi connectivity index (χ0) is 26.3. The summed E-state index contributed by atoms with van der Waals surface area (Å²) in [6, 6.07) is 5.96. The number of anilines is 1. The molecule has 10 heteroatoms. The molecule has 1 aliphatic rings. The van der Waals surface area contributed by atoms with Gasteiger partial charge < -0.3 is 10.1 Å². The van der Waals surface area contributed by atoms with Crippen molar-refractivity contribution in [3.05, 3.63) is 45.8 Å². The molecule has 36 heavy (non-hydrogen) atoms. The molecule has 2 heterocycles. The van der Waals surface area contributed by atoms with Crippen LogP contribution >= 0.6 is 11.3 Å². The first-order chi connectivity index (χ1) is 17.3. The largest absolute Gasteiger partial charge is 0.462 e. The van der Waals surface area contributed by atoms with Crippen LogP contribution < -0.4 is 5.32 Å². The van der Waals surface area contributed by atoms with Crippen LogP contribution in [0.4, 0.5) is 5.00 Å². The third-order valence-electron chi connectivity index (χ3n) is 6.08. The number of esters is 1. The summed E-state index contributed by atoms with van der Waals surface area (Å²) in [7, 11) is -3.63. The molecule has 0 saturated heterocycles. The first kappa shape index (κ1) is 28.3. The number of benzene rings is 1. The maximum atomic E-state index is 13.1. The molecule has 8 nitrogen and oxygen atoms in total. The molecule has 1 amide bonds. The molecule has 0 unspecified atom stereocenters. The molecule has 1 aliphatic heterocycles. The Morgan fingerprint density at radius 1 is 1.06 bits per heavy atom. The molecule has 0 bridgehead atoms. The number of thiophene rings is 1. The van der Waals surface area contributed by atoms with Gasteiger partial charge in [-0.3, -0.25) is 9.69 Å². The number of carbonyl (C=O) groups is 2. The van der Waals surface area contributed by atoms with E-state index in [0.29, 0.717) is 29.2 Å². The van der Waals surface area contributed by atoms with Crippen molar-refractivity contribution in [2.24, 2.45) is 0 Å². The predicted molar refractivity (Wildman–Crippen MR) is 143 cm³/mol. The Balaban J connectivity index is 1.84. The van der Waals surface area contributed by atoms with E-state index in [1.54, 1.807) is 6.92 Å². The van der Waals surface area contributed by atoms with Crippen LogP contribution in [0.2, 0.25) is 0 Å². The highest BCUT2D eigenvalue weighted by atomic mass is 32.2. The molecular formula is C26H37N3O5S2. The summed E-state index contributed by atoms with van der Waals surface area (Å²) in [6.07, 6.45) is 3.23. The van der Waals surface area contributed by atoms with Crippen molar-refractivity contribution >= 4 is 38.2 Å². The molecule has 0 radical (unpaired) electrons. The molecule has 1 aromatic heterocycles. The fraction of sp³-hybridized carbons (Fsp3) is 0.538. The van der Waals surface area contributed by atoms with Gasteiger partial charge in [-0.15, -0.1) is 11.3 Å². The Bertz CT molecular complexity index is 1150. The molecule has 1 aromatic carbocycles. The maximum absolute atomic E-state index is 13.1. The lowest BCUT2D eigenvalue weighted by Crippen LogP contribution is -2.32. The lowest BCUT2D eigenvalue weighted by molar-refractivity contribution is 0.0526. The van der Waals surface area contributed by atoms with Crippen LogP contribution in [0.3, 0.4) is 0 Å². The third kappa shape index (κ3) is 6.34. The summed E-state index contributed by atoms with van der Waals surface area (Å²) in [5.74, 6) is -0.824. The predicted octanol–water partition coefficient (Wildman–Crippen LogP) is 4.76. The van der Waals surface area contributed by atoms with E-state index in [0.717, 1.165) is 55.8 Å². The van der Waals surface area contributed by atoms with E-state index >= 15 is 0 Å². The maximum Gasteiger partial charge on any atom is 0.341 e. The van der Waals surface area contributed by atoms with E-state index in [4.69, 9.17) is 4.74 Å². The minimum atomic E-state index is -3.63. The van der Waals surface area contributed by atoms with E-state index in [-0.39, 0.29) is 11.5 Å². The SMILES string of the molecule is CCCN1CCc2c(sc(NC(=O)c3ccc(S(=O)(=O)N(CCC)CCC)cc3)c2C(=O)OCC)C1. The average Bonchev–Trinajstić information content (AvgIpc) is 3.21. The van der Waals surface area contributed by atoms with Crippen LogP contribution in [-0.4, -0.2) is 62.3 Å². The van der Waals surface area contributed by atoms with E-state index in [2.05, 4.69) is 17.1 Å². The second kappa shape index (κ2) is 12.8. The molecule has 2 aromatic rings. The molecule has 0 fully saturated rings. The van der Waals surface area contributed by atoms with Crippen molar-refractivity contribution < 1.29 is 22.7 Å². The van der Waals surface area contributed by atoms with Gasteiger partial charge in [0.1, 0.15) is 5.00 Å². The number of rotatable bonds is 12. The number of nitrogens with zero attached hydrogens (tertiary/aromatic N) is 2. The topological polar surface area (TPSA) is 96.0 Å². The molecular weight excluding hydrogens is 498 g/mol. The molecule has 0 aliphatic carbocycles. The fourth-order valence-corrected chi connectivity index (χ4v) is 7.32. The monoisotopic (exact) mass is 535 g/mol. The highest BCUT2D eigenvalue weighted by Gasteiger charge is 2.30. The lowest BCUT2D eigenvalue weighted by Gasteiger charge is -2.26. The van der Waals surface area contributed by atoms with E-state index in [1.807, 2.05) is 13.8 Å². The van der Waals surface area contributed by atoms with Crippen LogP contribution in [0, 0.1) is 0 Å². The first-order valence-electron chi connectivity index (χ1n) is 12.7. The second-order valence-corrected chi connectivity index (χ2v) is 11.9. The number of sulfonamides is 1. The van der Waals surface area contributed by atoms with Gasteiger partial charge in [0.05, 0.1) is 17.1 Å². The smallest absolute Gasteiger partial charge is 0.341 e. The van der Waals surface area contributed by atoms with Gasteiger partial charge in [0, 0.05) is 36.6 Å². The highest BCUT2D eigenvalue weighted by Crippen LogP contribution is 2.38. The lowest BCUT2D eigenvalue weighted by atomic mass is 10.0. The van der Waals surface area contributed by atoms with E-state index in [9.17, 15) is 18.0 Å².